The molecule has 0 fully saturated rings. The van der Waals surface area contributed by atoms with Gasteiger partial charge >= 0.3 is 5.97 Å². The van der Waals surface area contributed by atoms with E-state index in [2.05, 4.69) is 18.8 Å². The van der Waals surface area contributed by atoms with Gasteiger partial charge in [0.15, 0.2) is 0 Å². The van der Waals surface area contributed by atoms with Gasteiger partial charge in [-0.05, 0) is 24.5 Å². The monoisotopic (exact) mass is 193 g/mol. The smallest absolute Gasteiger partial charge is 0.338 e. The first kappa shape index (κ1) is 10.7. The molecule has 3 heteroatoms. The summed E-state index contributed by atoms with van der Waals surface area (Å²) in [6.45, 7) is 4.68. The zero-order chi connectivity index (χ0) is 10.4. The van der Waals surface area contributed by atoms with Crippen LogP contribution in [0.15, 0.2) is 24.5 Å². The van der Waals surface area contributed by atoms with E-state index >= 15 is 0 Å². The van der Waals surface area contributed by atoms with Crippen LogP contribution in [0.4, 0.5) is 0 Å². The molecule has 0 amide bonds. The van der Waals surface area contributed by atoms with Gasteiger partial charge in [-0.2, -0.15) is 0 Å². The standard InChI is InChI=1S/C11H15NO2/c1-9(2)5-8-14-11(13)10-3-6-12-7-4-10/h3-4,6-7,9H,5,8H2,1-2H3. The highest BCUT2D eigenvalue weighted by molar-refractivity contribution is 5.89. The van der Waals surface area contributed by atoms with Gasteiger partial charge in [0.05, 0.1) is 12.2 Å². The first-order valence-corrected chi connectivity index (χ1v) is 4.77. The number of esters is 1. The first-order chi connectivity index (χ1) is 6.70. The molecular formula is C11H15NO2. The summed E-state index contributed by atoms with van der Waals surface area (Å²) in [4.78, 5) is 15.2. The Labute approximate surface area is 84.1 Å². The molecule has 3 nitrogen and oxygen atoms in total. The quantitative estimate of drug-likeness (QED) is 0.689. The van der Waals surface area contributed by atoms with E-state index in [9.17, 15) is 4.79 Å². The van der Waals surface area contributed by atoms with Crippen LogP contribution in [-0.4, -0.2) is 17.6 Å². The molecule has 0 radical (unpaired) electrons. The second-order valence-electron chi connectivity index (χ2n) is 3.55. The lowest BCUT2D eigenvalue weighted by Crippen LogP contribution is -2.07. The van der Waals surface area contributed by atoms with Gasteiger partial charge in [0, 0.05) is 12.4 Å². The molecule has 0 unspecified atom stereocenters. The van der Waals surface area contributed by atoms with E-state index in [0.717, 1.165) is 6.42 Å². The van der Waals surface area contributed by atoms with E-state index in [1.54, 1.807) is 24.5 Å². The van der Waals surface area contributed by atoms with Crippen LogP contribution in [0.25, 0.3) is 0 Å². The topological polar surface area (TPSA) is 39.2 Å². The summed E-state index contributed by atoms with van der Waals surface area (Å²) in [5.74, 6) is 0.285. The highest BCUT2D eigenvalue weighted by atomic mass is 16.5. The van der Waals surface area contributed by atoms with Gasteiger partial charge in [0.2, 0.25) is 0 Å². The lowest BCUT2D eigenvalue weighted by atomic mass is 10.1. The Balaban J connectivity index is 2.36. The molecule has 1 aromatic rings. The second kappa shape index (κ2) is 5.37. The molecule has 0 saturated carbocycles. The molecule has 0 aromatic carbocycles. The van der Waals surface area contributed by atoms with Gasteiger partial charge in [-0.1, -0.05) is 13.8 Å². The van der Waals surface area contributed by atoms with Crippen molar-refractivity contribution in [3.05, 3.63) is 30.1 Å². The second-order valence-corrected chi connectivity index (χ2v) is 3.55. The van der Waals surface area contributed by atoms with E-state index in [1.807, 2.05) is 0 Å². The van der Waals surface area contributed by atoms with Gasteiger partial charge < -0.3 is 4.74 Å². The molecule has 14 heavy (non-hydrogen) atoms. The van der Waals surface area contributed by atoms with Crippen molar-refractivity contribution in [2.45, 2.75) is 20.3 Å². The fraction of sp³-hybridized carbons (Fsp3) is 0.455. The summed E-state index contributed by atoms with van der Waals surface area (Å²) in [6, 6.07) is 3.30. The van der Waals surface area contributed by atoms with Gasteiger partial charge in [-0.3, -0.25) is 4.98 Å². The minimum absolute atomic E-state index is 0.270. The largest absolute Gasteiger partial charge is 0.462 e. The molecule has 0 bridgehead atoms. The Kier molecular flexibility index (Phi) is 4.11. The molecular weight excluding hydrogens is 178 g/mol. The summed E-state index contributed by atoms with van der Waals surface area (Å²) in [5, 5.41) is 0. The number of pyridine rings is 1. The van der Waals surface area contributed by atoms with Crippen LogP contribution in [-0.2, 0) is 4.74 Å². The number of rotatable bonds is 4. The third-order valence-corrected chi connectivity index (χ3v) is 1.84. The molecule has 0 aliphatic rings. The van der Waals surface area contributed by atoms with E-state index in [1.165, 1.54) is 0 Å². The van der Waals surface area contributed by atoms with Crippen LogP contribution in [0, 0.1) is 5.92 Å². The zero-order valence-electron chi connectivity index (χ0n) is 8.56. The molecule has 0 N–H and O–H groups in total. The number of nitrogens with zero attached hydrogens (tertiary/aromatic N) is 1. The Morgan fingerprint density at radius 1 is 1.43 bits per heavy atom. The van der Waals surface area contributed by atoms with Crippen molar-refractivity contribution in [3.8, 4) is 0 Å². The SMILES string of the molecule is CC(C)CCOC(=O)c1ccncc1. The number of carbonyl (C=O) groups is 1. The molecule has 76 valence electrons. The van der Waals surface area contributed by atoms with Gasteiger partial charge in [0.1, 0.15) is 0 Å². The Hall–Kier alpha value is -1.38. The fourth-order valence-corrected chi connectivity index (χ4v) is 0.959. The van der Waals surface area contributed by atoms with Gasteiger partial charge in [-0.15, -0.1) is 0 Å². The number of aromatic nitrogens is 1. The third-order valence-electron chi connectivity index (χ3n) is 1.84. The minimum atomic E-state index is -0.270. The third kappa shape index (κ3) is 3.56. The van der Waals surface area contributed by atoms with Crippen LogP contribution in [0.5, 0.6) is 0 Å². The summed E-state index contributed by atoms with van der Waals surface area (Å²) in [5.41, 5.74) is 0.559. The number of ether oxygens (including phenoxy) is 1. The highest BCUT2D eigenvalue weighted by Gasteiger charge is 2.05. The summed E-state index contributed by atoms with van der Waals surface area (Å²) < 4.78 is 5.07. The molecule has 0 aliphatic heterocycles. The molecule has 0 aliphatic carbocycles. The van der Waals surface area contributed by atoms with Crippen molar-refractivity contribution in [2.24, 2.45) is 5.92 Å². The normalized spacial score (nSPS) is 10.2. The summed E-state index contributed by atoms with van der Waals surface area (Å²) in [7, 11) is 0. The Morgan fingerprint density at radius 3 is 2.64 bits per heavy atom. The molecule has 1 rings (SSSR count). The minimum Gasteiger partial charge on any atom is -0.462 e. The van der Waals surface area contributed by atoms with E-state index < -0.39 is 0 Å². The first-order valence-electron chi connectivity index (χ1n) is 4.77. The lowest BCUT2D eigenvalue weighted by Gasteiger charge is -2.06. The van der Waals surface area contributed by atoms with Crippen LogP contribution in [0.2, 0.25) is 0 Å². The van der Waals surface area contributed by atoms with Gasteiger partial charge in [0.25, 0.3) is 0 Å². The zero-order valence-corrected chi connectivity index (χ0v) is 8.56. The molecule has 1 heterocycles. The van der Waals surface area contributed by atoms with Crippen molar-refractivity contribution in [3.63, 3.8) is 0 Å². The average molecular weight is 193 g/mol. The fourth-order valence-electron chi connectivity index (χ4n) is 0.959. The van der Waals surface area contributed by atoms with E-state index in [4.69, 9.17) is 4.74 Å². The average Bonchev–Trinajstić information content (AvgIpc) is 2.18. The van der Waals surface area contributed by atoms with Crippen LogP contribution in [0.1, 0.15) is 30.6 Å². The maximum atomic E-state index is 11.4. The Morgan fingerprint density at radius 2 is 2.07 bits per heavy atom. The van der Waals surface area contributed by atoms with Crippen LogP contribution < -0.4 is 0 Å². The highest BCUT2D eigenvalue weighted by Crippen LogP contribution is 2.03. The molecule has 0 saturated heterocycles. The van der Waals surface area contributed by atoms with Crippen LogP contribution >= 0.6 is 0 Å². The predicted molar refractivity (Wildman–Crippen MR) is 54.0 cm³/mol. The van der Waals surface area contributed by atoms with Crippen molar-refractivity contribution in [1.82, 2.24) is 4.98 Å². The van der Waals surface area contributed by atoms with Crippen molar-refractivity contribution in [1.29, 1.82) is 0 Å². The number of carbonyl (C=O) groups excluding carboxylic acids is 1. The van der Waals surface area contributed by atoms with E-state index in [0.29, 0.717) is 18.1 Å². The summed E-state index contributed by atoms with van der Waals surface area (Å²) in [6.07, 6.45) is 4.06. The van der Waals surface area contributed by atoms with Gasteiger partial charge in [-0.25, -0.2) is 4.79 Å². The van der Waals surface area contributed by atoms with Crippen molar-refractivity contribution < 1.29 is 9.53 Å². The van der Waals surface area contributed by atoms with E-state index in [-0.39, 0.29) is 5.97 Å². The summed E-state index contributed by atoms with van der Waals surface area (Å²) >= 11 is 0. The number of hydrogen-bond donors (Lipinski definition) is 0. The molecule has 1 aromatic heterocycles. The van der Waals surface area contributed by atoms with Crippen LogP contribution in [0.3, 0.4) is 0 Å². The molecule has 0 atom stereocenters. The molecule has 0 spiro atoms. The Bertz CT molecular complexity index is 283. The maximum Gasteiger partial charge on any atom is 0.338 e. The number of hydrogen-bond acceptors (Lipinski definition) is 3. The maximum absolute atomic E-state index is 11.4. The van der Waals surface area contributed by atoms with Crippen molar-refractivity contribution in [2.75, 3.05) is 6.61 Å². The predicted octanol–water partition coefficient (Wildman–Crippen LogP) is 2.28. The lowest BCUT2D eigenvalue weighted by molar-refractivity contribution is 0.0488. The van der Waals surface area contributed by atoms with Crippen molar-refractivity contribution >= 4 is 5.97 Å².